The van der Waals surface area contributed by atoms with Gasteiger partial charge in [-0.05, 0) is 23.8 Å². The highest BCUT2D eigenvalue weighted by atomic mass is 16.5. The minimum Gasteiger partial charge on any atom is -0.375 e. The molecule has 4 heteroatoms. The van der Waals surface area contributed by atoms with Gasteiger partial charge in [0, 0.05) is 44.6 Å². The summed E-state index contributed by atoms with van der Waals surface area (Å²) in [5, 5.41) is 0. The van der Waals surface area contributed by atoms with Gasteiger partial charge in [-0.15, -0.1) is 0 Å². The van der Waals surface area contributed by atoms with Crippen LogP contribution in [-0.4, -0.2) is 40.7 Å². The van der Waals surface area contributed by atoms with Gasteiger partial charge in [0.25, 0.3) is 0 Å². The lowest BCUT2D eigenvalue weighted by atomic mass is 10.1. The van der Waals surface area contributed by atoms with Crippen molar-refractivity contribution < 1.29 is 4.74 Å². The molecule has 2 aromatic rings. The first-order valence-electron chi connectivity index (χ1n) is 7.03. The zero-order chi connectivity index (χ0) is 13.6. The summed E-state index contributed by atoms with van der Waals surface area (Å²) in [5.74, 6) is 0. The van der Waals surface area contributed by atoms with Crippen molar-refractivity contribution in [1.29, 1.82) is 0 Å². The van der Waals surface area contributed by atoms with Crippen LogP contribution in [0.4, 0.5) is 0 Å². The first kappa shape index (κ1) is 13.2. The first-order valence-corrected chi connectivity index (χ1v) is 7.03. The molecule has 3 rings (SSSR count). The molecule has 1 fully saturated rings. The fraction of sp³-hybridized carbons (Fsp3) is 0.375. The van der Waals surface area contributed by atoms with E-state index in [9.17, 15) is 0 Å². The Kier molecular flexibility index (Phi) is 4.35. The maximum Gasteiger partial charge on any atom is 0.0743 e. The number of morpholine rings is 1. The van der Waals surface area contributed by atoms with Gasteiger partial charge in [-0.3, -0.25) is 14.9 Å². The van der Waals surface area contributed by atoms with Crippen molar-refractivity contribution in [3.8, 4) is 0 Å². The predicted octanol–water partition coefficient (Wildman–Crippen LogP) is 1.92. The molecule has 20 heavy (non-hydrogen) atoms. The van der Waals surface area contributed by atoms with E-state index in [1.807, 2.05) is 30.6 Å². The van der Waals surface area contributed by atoms with Gasteiger partial charge in [-0.2, -0.15) is 0 Å². The highest BCUT2D eigenvalue weighted by molar-refractivity contribution is 5.10. The van der Waals surface area contributed by atoms with Crippen molar-refractivity contribution >= 4 is 0 Å². The van der Waals surface area contributed by atoms with Crippen molar-refractivity contribution in [2.24, 2.45) is 0 Å². The molecular formula is C16H19N3O. The van der Waals surface area contributed by atoms with Crippen molar-refractivity contribution in [1.82, 2.24) is 14.9 Å². The Hall–Kier alpha value is -1.78. The van der Waals surface area contributed by atoms with E-state index in [1.165, 1.54) is 5.56 Å². The number of pyridine rings is 2. The number of hydrogen-bond donors (Lipinski definition) is 0. The molecule has 0 radical (unpaired) electrons. The molecular weight excluding hydrogens is 250 g/mol. The molecule has 0 amide bonds. The second kappa shape index (κ2) is 6.59. The highest BCUT2D eigenvalue weighted by Crippen LogP contribution is 2.13. The average Bonchev–Trinajstić information content (AvgIpc) is 2.50. The van der Waals surface area contributed by atoms with Crippen molar-refractivity contribution in [2.75, 3.05) is 19.7 Å². The molecule has 1 saturated heterocycles. The van der Waals surface area contributed by atoms with E-state index in [2.05, 4.69) is 27.0 Å². The molecule has 1 aliphatic rings. The van der Waals surface area contributed by atoms with Crippen LogP contribution in [0, 0.1) is 0 Å². The zero-order valence-electron chi connectivity index (χ0n) is 11.5. The summed E-state index contributed by atoms with van der Waals surface area (Å²) in [5.41, 5.74) is 2.35. The number of aromatic nitrogens is 2. The number of ether oxygens (including phenoxy) is 1. The average molecular weight is 269 g/mol. The zero-order valence-corrected chi connectivity index (χ0v) is 11.5. The largest absolute Gasteiger partial charge is 0.375 e. The third kappa shape index (κ3) is 3.62. The lowest BCUT2D eigenvalue weighted by molar-refractivity contribution is -0.0308. The van der Waals surface area contributed by atoms with E-state index in [-0.39, 0.29) is 6.10 Å². The van der Waals surface area contributed by atoms with Gasteiger partial charge in [0.2, 0.25) is 0 Å². The van der Waals surface area contributed by atoms with Crippen molar-refractivity contribution in [3.05, 3.63) is 60.2 Å². The standard InChI is InChI=1S/C16H19N3O/c1-2-7-18-15(5-1)12-19-8-9-20-16(13-19)10-14-4-3-6-17-11-14/h1-7,11,16H,8-10,12-13H2. The summed E-state index contributed by atoms with van der Waals surface area (Å²) < 4.78 is 5.86. The monoisotopic (exact) mass is 269 g/mol. The van der Waals surface area contributed by atoms with Gasteiger partial charge < -0.3 is 4.74 Å². The quantitative estimate of drug-likeness (QED) is 0.850. The highest BCUT2D eigenvalue weighted by Gasteiger charge is 2.21. The normalized spacial score (nSPS) is 19.9. The smallest absolute Gasteiger partial charge is 0.0743 e. The van der Waals surface area contributed by atoms with Crippen LogP contribution in [0.25, 0.3) is 0 Å². The molecule has 1 aliphatic heterocycles. The van der Waals surface area contributed by atoms with Crippen molar-refractivity contribution in [3.63, 3.8) is 0 Å². The summed E-state index contributed by atoms with van der Waals surface area (Å²) in [4.78, 5) is 11.0. The van der Waals surface area contributed by atoms with E-state index in [0.29, 0.717) is 0 Å². The Morgan fingerprint density at radius 3 is 3.00 bits per heavy atom. The number of rotatable bonds is 4. The third-order valence-electron chi connectivity index (χ3n) is 3.52. The lowest BCUT2D eigenvalue weighted by Gasteiger charge is -2.32. The van der Waals surface area contributed by atoms with Crippen molar-refractivity contribution in [2.45, 2.75) is 19.1 Å². The molecule has 0 aromatic carbocycles. The molecule has 1 atom stereocenters. The van der Waals surface area contributed by atoms with Gasteiger partial charge in [0.15, 0.2) is 0 Å². The molecule has 1 unspecified atom stereocenters. The Labute approximate surface area is 119 Å². The van der Waals surface area contributed by atoms with Crippen LogP contribution < -0.4 is 0 Å². The Morgan fingerprint density at radius 1 is 1.20 bits per heavy atom. The minimum atomic E-state index is 0.247. The fourth-order valence-electron chi connectivity index (χ4n) is 2.55. The van der Waals surface area contributed by atoms with E-state index < -0.39 is 0 Å². The molecule has 4 nitrogen and oxygen atoms in total. The lowest BCUT2D eigenvalue weighted by Crippen LogP contribution is -2.42. The molecule has 0 bridgehead atoms. The maximum atomic E-state index is 5.86. The van der Waals surface area contributed by atoms with Crippen LogP contribution in [0.15, 0.2) is 48.9 Å². The van der Waals surface area contributed by atoms with Crippen LogP contribution in [0.2, 0.25) is 0 Å². The summed E-state index contributed by atoms with van der Waals surface area (Å²) in [7, 11) is 0. The van der Waals surface area contributed by atoms with Gasteiger partial charge in [0.05, 0.1) is 18.4 Å². The van der Waals surface area contributed by atoms with Gasteiger partial charge in [0.1, 0.15) is 0 Å². The van der Waals surface area contributed by atoms with Gasteiger partial charge >= 0.3 is 0 Å². The Morgan fingerprint density at radius 2 is 2.20 bits per heavy atom. The van der Waals surface area contributed by atoms with Gasteiger partial charge in [-0.25, -0.2) is 0 Å². The van der Waals surface area contributed by atoms with Crippen LogP contribution in [0.5, 0.6) is 0 Å². The molecule has 3 heterocycles. The minimum absolute atomic E-state index is 0.247. The molecule has 0 aliphatic carbocycles. The molecule has 0 spiro atoms. The van der Waals surface area contributed by atoms with Crippen LogP contribution in [0.3, 0.4) is 0 Å². The molecule has 104 valence electrons. The summed E-state index contributed by atoms with van der Waals surface area (Å²) in [6.45, 7) is 3.61. The number of hydrogen-bond acceptors (Lipinski definition) is 4. The van der Waals surface area contributed by atoms with E-state index in [0.717, 1.165) is 38.4 Å². The van der Waals surface area contributed by atoms with E-state index in [4.69, 9.17) is 4.74 Å². The summed E-state index contributed by atoms with van der Waals surface area (Å²) >= 11 is 0. The maximum absolute atomic E-state index is 5.86. The predicted molar refractivity (Wildman–Crippen MR) is 77.2 cm³/mol. The van der Waals surface area contributed by atoms with Crippen LogP contribution in [0.1, 0.15) is 11.3 Å². The van der Waals surface area contributed by atoms with Crippen LogP contribution in [-0.2, 0) is 17.7 Å². The second-order valence-corrected chi connectivity index (χ2v) is 5.11. The topological polar surface area (TPSA) is 38.2 Å². The SMILES string of the molecule is c1ccc(CN2CCOC(Cc3cccnc3)C2)nc1. The van der Waals surface area contributed by atoms with Crippen LogP contribution >= 0.6 is 0 Å². The molecule has 0 N–H and O–H groups in total. The summed E-state index contributed by atoms with van der Waals surface area (Å²) in [6, 6.07) is 10.1. The van der Waals surface area contributed by atoms with Gasteiger partial charge in [-0.1, -0.05) is 12.1 Å². The third-order valence-corrected chi connectivity index (χ3v) is 3.52. The van der Waals surface area contributed by atoms with E-state index in [1.54, 1.807) is 6.20 Å². The molecule has 2 aromatic heterocycles. The Bertz CT molecular complexity index is 470. The molecule has 0 saturated carbocycles. The summed E-state index contributed by atoms with van der Waals surface area (Å²) in [6.07, 6.45) is 6.74. The van der Waals surface area contributed by atoms with E-state index >= 15 is 0 Å². The number of nitrogens with zero attached hydrogens (tertiary/aromatic N) is 3. The Balaban J connectivity index is 1.57. The first-order chi connectivity index (χ1) is 9.90. The second-order valence-electron chi connectivity index (χ2n) is 5.11. The fourth-order valence-corrected chi connectivity index (χ4v) is 2.55.